The average molecular weight is 366 g/mol. The fourth-order valence-corrected chi connectivity index (χ4v) is 2.28. The van der Waals surface area contributed by atoms with Crippen LogP contribution in [0, 0.1) is 0 Å². The summed E-state index contributed by atoms with van der Waals surface area (Å²) in [7, 11) is 1.84. The third-order valence-electron chi connectivity index (χ3n) is 3.62. The van der Waals surface area contributed by atoms with E-state index in [0.29, 0.717) is 12.1 Å². The van der Waals surface area contributed by atoms with Crippen molar-refractivity contribution in [2.75, 3.05) is 25.1 Å². The Bertz CT molecular complexity index is 688. The molecule has 2 aromatic carbocycles. The maximum atomic E-state index is 12.0. The summed E-state index contributed by atoms with van der Waals surface area (Å²) in [5.41, 5.74) is 2.46. The summed E-state index contributed by atoms with van der Waals surface area (Å²) >= 11 is 0. The summed E-state index contributed by atoms with van der Waals surface area (Å²) in [6, 6.07) is 16.5. The number of ether oxygens (including phenoxy) is 1. The maximum Gasteiger partial charge on any atom is 0.411 e. The molecule has 0 heterocycles. The summed E-state index contributed by atoms with van der Waals surface area (Å²) < 4.78 is 40.7. The summed E-state index contributed by atoms with van der Waals surface area (Å²) in [4.78, 5) is 13.9. The van der Waals surface area contributed by atoms with Gasteiger partial charge in [0.15, 0.2) is 0 Å². The average Bonchev–Trinajstić information content (AvgIpc) is 2.61. The van der Waals surface area contributed by atoms with Gasteiger partial charge in [-0.05, 0) is 23.3 Å². The zero-order valence-corrected chi connectivity index (χ0v) is 14.4. The first-order valence-electron chi connectivity index (χ1n) is 8.09. The number of nitrogens with one attached hydrogen (secondary N) is 1. The molecule has 7 heteroatoms. The van der Waals surface area contributed by atoms with E-state index in [1.807, 2.05) is 42.3 Å². The highest BCUT2D eigenvalue weighted by molar-refractivity contribution is 5.81. The Hall–Kier alpha value is -2.54. The van der Waals surface area contributed by atoms with Crippen molar-refractivity contribution in [2.24, 2.45) is 0 Å². The smallest absolute Gasteiger partial charge is 0.367 e. The van der Waals surface area contributed by atoms with Gasteiger partial charge in [0, 0.05) is 19.3 Å². The van der Waals surface area contributed by atoms with Gasteiger partial charge in [-0.15, -0.1) is 0 Å². The number of rotatable bonds is 8. The van der Waals surface area contributed by atoms with Crippen LogP contribution in [0.3, 0.4) is 0 Å². The molecule has 1 N–H and O–H groups in total. The monoisotopic (exact) mass is 366 g/mol. The van der Waals surface area contributed by atoms with Gasteiger partial charge in [0.05, 0.1) is 13.2 Å². The number of likely N-dealkylation sites (N-methyl/N-ethyl adjacent to an activating group) is 1. The molecule has 4 nitrogen and oxygen atoms in total. The molecule has 0 aromatic heterocycles. The molecule has 0 aliphatic heterocycles. The van der Waals surface area contributed by atoms with Crippen molar-refractivity contribution in [2.45, 2.75) is 19.3 Å². The predicted molar refractivity (Wildman–Crippen MR) is 93.7 cm³/mol. The van der Waals surface area contributed by atoms with Gasteiger partial charge in [0.2, 0.25) is 5.91 Å². The molecular formula is C19H21F3N2O2. The SMILES string of the molecule is CN(CC(=O)NCc1ccc(COCC(F)(F)F)cc1)c1ccccc1. The molecule has 0 fully saturated rings. The van der Waals surface area contributed by atoms with Crippen LogP contribution in [-0.2, 0) is 22.7 Å². The van der Waals surface area contributed by atoms with Crippen molar-refractivity contribution in [3.63, 3.8) is 0 Å². The number of benzene rings is 2. The molecule has 2 rings (SSSR count). The van der Waals surface area contributed by atoms with Gasteiger partial charge in [-0.2, -0.15) is 13.2 Å². The van der Waals surface area contributed by atoms with E-state index in [-0.39, 0.29) is 19.1 Å². The molecule has 140 valence electrons. The highest BCUT2D eigenvalue weighted by Gasteiger charge is 2.27. The minimum atomic E-state index is -4.32. The first kappa shape index (κ1) is 19.8. The standard InChI is InChI=1S/C19H21F3N2O2/c1-24(17-5-3-2-4-6-17)12-18(25)23-11-15-7-9-16(10-8-15)13-26-14-19(20,21)22/h2-10H,11-14H2,1H3,(H,23,25). The van der Waals surface area contributed by atoms with Gasteiger partial charge in [0.25, 0.3) is 0 Å². The van der Waals surface area contributed by atoms with Crippen molar-refractivity contribution < 1.29 is 22.7 Å². The number of amides is 1. The Labute approximate surface area is 150 Å². The van der Waals surface area contributed by atoms with Crippen LogP contribution in [0.1, 0.15) is 11.1 Å². The molecule has 2 aromatic rings. The number of alkyl halides is 3. The fraction of sp³-hybridized carbons (Fsp3) is 0.316. The van der Waals surface area contributed by atoms with Crippen LogP contribution in [0.15, 0.2) is 54.6 Å². The molecule has 0 spiro atoms. The van der Waals surface area contributed by atoms with E-state index in [1.165, 1.54) is 0 Å². The molecule has 1 amide bonds. The molecule has 0 unspecified atom stereocenters. The van der Waals surface area contributed by atoms with Crippen molar-refractivity contribution in [3.05, 3.63) is 65.7 Å². The van der Waals surface area contributed by atoms with E-state index in [4.69, 9.17) is 0 Å². The molecule has 0 aliphatic rings. The minimum absolute atomic E-state index is 0.103. The zero-order valence-electron chi connectivity index (χ0n) is 14.4. The zero-order chi connectivity index (χ0) is 19.0. The van der Waals surface area contributed by atoms with E-state index in [0.717, 1.165) is 11.3 Å². The lowest BCUT2D eigenvalue weighted by atomic mass is 10.1. The fourth-order valence-electron chi connectivity index (χ4n) is 2.28. The number of carbonyl (C=O) groups is 1. The molecule has 0 saturated heterocycles. The second-order valence-corrected chi connectivity index (χ2v) is 5.89. The summed E-state index contributed by atoms with van der Waals surface area (Å²) in [6.07, 6.45) is -4.32. The van der Waals surface area contributed by atoms with Gasteiger partial charge < -0.3 is 15.0 Å². The van der Waals surface area contributed by atoms with Crippen LogP contribution in [0.25, 0.3) is 0 Å². The Morgan fingerprint density at radius 3 is 2.27 bits per heavy atom. The lowest BCUT2D eigenvalue weighted by molar-refractivity contribution is -0.176. The Kier molecular flexibility index (Phi) is 7.03. The lowest BCUT2D eigenvalue weighted by Gasteiger charge is -2.18. The van der Waals surface area contributed by atoms with Gasteiger partial charge >= 0.3 is 6.18 Å². The van der Waals surface area contributed by atoms with Gasteiger partial charge in [0.1, 0.15) is 6.61 Å². The first-order chi connectivity index (χ1) is 12.3. The van der Waals surface area contributed by atoms with E-state index in [2.05, 4.69) is 10.1 Å². The number of halogens is 3. The van der Waals surface area contributed by atoms with Gasteiger partial charge in [-0.1, -0.05) is 42.5 Å². The second kappa shape index (κ2) is 9.24. The minimum Gasteiger partial charge on any atom is -0.367 e. The normalized spacial score (nSPS) is 11.2. The van der Waals surface area contributed by atoms with Gasteiger partial charge in [-0.3, -0.25) is 4.79 Å². The Balaban J connectivity index is 1.74. The number of hydrogen-bond donors (Lipinski definition) is 1. The molecule has 0 atom stereocenters. The van der Waals surface area contributed by atoms with Crippen LogP contribution in [0.5, 0.6) is 0 Å². The van der Waals surface area contributed by atoms with Crippen LogP contribution in [-0.4, -0.2) is 32.3 Å². The van der Waals surface area contributed by atoms with Crippen LogP contribution < -0.4 is 10.2 Å². The number of anilines is 1. The number of carbonyl (C=O) groups excluding carboxylic acids is 1. The van der Waals surface area contributed by atoms with Crippen molar-refractivity contribution in [3.8, 4) is 0 Å². The molecule has 26 heavy (non-hydrogen) atoms. The molecule has 0 aliphatic carbocycles. The summed E-state index contributed by atoms with van der Waals surface area (Å²) in [5.74, 6) is -0.117. The van der Waals surface area contributed by atoms with E-state index in [9.17, 15) is 18.0 Å². The quantitative estimate of drug-likeness (QED) is 0.777. The number of nitrogens with zero attached hydrogens (tertiary/aromatic N) is 1. The maximum absolute atomic E-state index is 12.0. The van der Waals surface area contributed by atoms with Crippen LogP contribution in [0.4, 0.5) is 18.9 Å². The lowest BCUT2D eigenvalue weighted by Crippen LogP contribution is -2.34. The van der Waals surface area contributed by atoms with Gasteiger partial charge in [-0.25, -0.2) is 0 Å². The Morgan fingerprint density at radius 1 is 1.04 bits per heavy atom. The summed E-state index contributed by atoms with van der Waals surface area (Å²) in [6.45, 7) is -0.785. The Morgan fingerprint density at radius 2 is 1.65 bits per heavy atom. The topological polar surface area (TPSA) is 41.6 Å². The van der Waals surface area contributed by atoms with Crippen molar-refractivity contribution in [1.29, 1.82) is 0 Å². The third-order valence-corrected chi connectivity index (χ3v) is 3.62. The predicted octanol–water partition coefficient (Wildman–Crippen LogP) is 3.52. The first-order valence-corrected chi connectivity index (χ1v) is 8.09. The molecule has 0 bridgehead atoms. The van der Waals surface area contributed by atoms with Crippen molar-refractivity contribution in [1.82, 2.24) is 5.32 Å². The highest BCUT2D eigenvalue weighted by Crippen LogP contribution is 2.16. The largest absolute Gasteiger partial charge is 0.411 e. The molecule has 0 saturated carbocycles. The number of para-hydroxylation sites is 1. The molecule has 0 radical (unpaired) electrons. The highest BCUT2D eigenvalue weighted by atomic mass is 19.4. The van der Waals surface area contributed by atoms with E-state index < -0.39 is 12.8 Å². The third kappa shape index (κ3) is 7.14. The number of hydrogen-bond acceptors (Lipinski definition) is 3. The summed E-state index contributed by atoms with van der Waals surface area (Å²) in [5, 5.41) is 2.82. The van der Waals surface area contributed by atoms with E-state index in [1.54, 1.807) is 24.3 Å². The van der Waals surface area contributed by atoms with Crippen molar-refractivity contribution >= 4 is 11.6 Å². The second-order valence-electron chi connectivity index (χ2n) is 5.89. The van der Waals surface area contributed by atoms with Crippen LogP contribution >= 0.6 is 0 Å². The van der Waals surface area contributed by atoms with E-state index >= 15 is 0 Å². The molecular weight excluding hydrogens is 345 g/mol. The van der Waals surface area contributed by atoms with Crippen LogP contribution in [0.2, 0.25) is 0 Å².